The first-order valence-corrected chi connectivity index (χ1v) is 9.10. The smallest absolute Gasteiger partial charge is 0.287 e. The summed E-state index contributed by atoms with van der Waals surface area (Å²) in [5.74, 6) is 0.589. The third-order valence-corrected chi connectivity index (χ3v) is 4.39. The van der Waals surface area contributed by atoms with Crippen LogP contribution in [0, 0.1) is 0 Å². The highest BCUT2D eigenvalue weighted by Crippen LogP contribution is 2.27. The molecule has 27 heavy (non-hydrogen) atoms. The number of fused-ring (bicyclic) bond motifs is 1. The van der Waals surface area contributed by atoms with E-state index in [0.29, 0.717) is 29.5 Å². The molecule has 0 aliphatic rings. The molecule has 2 aromatic carbocycles. The molecule has 3 rings (SSSR count). The van der Waals surface area contributed by atoms with E-state index in [9.17, 15) is 4.79 Å². The van der Waals surface area contributed by atoms with Gasteiger partial charge in [-0.2, -0.15) is 0 Å². The van der Waals surface area contributed by atoms with Crippen molar-refractivity contribution >= 4 is 28.5 Å². The van der Waals surface area contributed by atoms with Gasteiger partial charge in [0.15, 0.2) is 5.76 Å². The van der Waals surface area contributed by atoms with Crippen LogP contribution in [0.4, 0.5) is 0 Å². The van der Waals surface area contributed by atoms with Crippen molar-refractivity contribution in [2.24, 2.45) is 0 Å². The van der Waals surface area contributed by atoms with Crippen LogP contribution in [0.5, 0.6) is 5.75 Å². The molecular weight excluding hydrogens is 366 g/mol. The molecule has 142 valence electrons. The summed E-state index contributed by atoms with van der Waals surface area (Å²) in [6.45, 7) is 4.51. The molecule has 1 amide bonds. The van der Waals surface area contributed by atoms with E-state index in [1.54, 1.807) is 19.2 Å². The van der Waals surface area contributed by atoms with Gasteiger partial charge < -0.3 is 19.2 Å². The zero-order valence-corrected chi connectivity index (χ0v) is 16.3. The maximum atomic E-state index is 12.8. The molecule has 1 heterocycles. The van der Waals surface area contributed by atoms with E-state index >= 15 is 0 Å². The van der Waals surface area contributed by atoms with E-state index in [0.717, 1.165) is 16.5 Å². The molecule has 0 unspecified atom stereocenters. The molecule has 5 nitrogen and oxygen atoms in total. The Morgan fingerprint density at radius 3 is 2.74 bits per heavy atom. The van der Waals surface area contributed by atoms with Crippen LogP contribution in [0.2, 0.25) is 5.02 Å². The van der Waals surface area contributed by atoms with Gasteiger partial charge in [-0.3, -0.25) is 4.79 Å². The Kier molecular flexibility index (Phi) is 6.04. The summed E-state index contributed by atoms with van der Waals surface area (Å²) < 4.78 is 16.9. The van der Waals surface area contributed by atoms with Crippen LogP contribution >= 0.6 is 11.6 Å². The van der Waals surface area contributed by atoms with E-state index in [-0.39, 0.29) is 17.8 Å². The van der Waals surface area contributed by atoms with Crippen molar-refractivity contribution in [2.75, 3.05) is 7.11 Å². The number of carbonyl (C=O) groups is 1. The Labute approximate surface area is 163 Å². The fraction of sp³-hybridized carbons (Fsp3) is 0.286. The predicted molar refractivity (Wildman–Crippen MR) is 105 cm³/mol. The van der Waals surface area contributed by atoms with Crippen molar-refractivity contribution in [2.45, 2.75) is 33.1 Å². The number of halogens is 1. The molecule has 0 spiro atoms. The largest absolute Gasteiger partial charge is 0.496 e. The number of amides is 1. The highest BCUT2D eigenvalue weighted by molar-refractivity contribution is 6.30. The quantitative estimate of drug-likeness (QED) is 0.623. The summed E-state index contributed by atoms with van der Waals surface area (Å²) >= 11 is 5.98. The number of ether oxygens (including phenoxy) is 2. The van der Waals surface area contributed by atoms with Gasteiger partial charge in [-0.25, -0.2) is 0 Å². The number of benzene rings is 2. The van der Waals surface area contributed by atoms with E-state index in [4.69, 9.17) is 25.5 Å². The van der Waals surface area contributed by atoms with Crippen molar-refractivity contribution in [3.63, 3.8) is 0 Å². The van der Waals surface area contributed by atoms with E-state index < -0.39 is 0 Å². The molecule has 0 radical (unpaired) electrons. The lowest BCUT2D eigenvalue weighted by Gasteiger charge is -2.11. The van der Waals surface area contributed by atoms with E-state index in [1.807, 2.05) is 44.2 Å². The van der Waals surface area contributed by atoms with Gasteiger partial charge in [-0.15, -0.1) is 0 Å². The van der Waals surface area contributed by atoms with E-state index in [1.165, 1.54) is 0 Å². The first-order chi connectivity index (χ1) is 13.0. The Morgan fingerprint density at radius 2 is 2.00 bits per heavy atom. The number of rotatable bonds is 7. The second-order valence-corrected chi connectivity index (χ2v) is 6.84. The van der Waals surface area contributed by atoms with Crippen LogP contribution in [0.15, 0.2) is 46.9 Å². The fourth-order valence-corrected chi connectivity index (χ4v) is 2.96. The molecule has 0 aliphatic carbocycles. The fourth-order valence-electron chi connectivity index (χ4n) is 2.80. The van der Waals surface area contributed by atoms with Crippen molar-refractivity contribution in [1.82, 2.24) is 5.32 Å². The molecule has 1 N–H and O–H groups in total. The Balaban J connectivity index is 1.84. The van der Waals surface area contributed by atoms with Gasteiger partial charge >= 0.3 is 0 Å². The molecular formula is C21H22ClNO4. The third-order valence-electron chi connectivity index (χ3n) is 4.15. The minimum Gasteiger partial charge on any atom is -0.496 e. The van der Waals surface area contributed by atoms with Crippen molar-refractivity contribution in [1.29, 1.82) is 0 Å². The summed E-state index contributed by atoms with van der Waals surface area (Å²) in [6.07, 6.45) is 0.0490. The first kappa shape index (κ1) is 19.3. The molecule has 0 aliphatic heterocycles. The lowest BCUT2D eigenvalue weighted by Crippen LogP contribution is -2.24. The maximum Gasteiger partial charge on any atom is 0.287 e. The van der Waals surface area contributed by atoms with Crippen LogP contribution in [0.3, 0.4) is 0 Å². The summed E-state index contributed by atoms with van der Waals surface area (Å²) in [5.41, 5.74) is 2.24. The maximum absolute atomic E-state index is 12.8. The van der Waals surface area contributed by atoms with Crippen LogP contribution < -0.4 is 10.1 Å². The topological polar surface area (TPSA) is 60.7 Å². The Hall–Kier alpha value is -2.50. The average molecular weight is 388 g/mol. The zero-order valence-electron chi connectivity index (χ0n) is 15.5. The number of para-hydroxylation sites is 1. The number of methoxy groups -OCH3 is 1. The van der Waals surface area contributed by atoms with Crippen molar-refractivity contribution in [3.05, 3.63) is 64.4 Å². The summed E-state index contributed by atoms with van der Waals surface area (Å²) in [4.78, 5) is 12.8. The number of nitrogens with one attached hydrogen (secondary N) is 1. The van der Waals surface area contributed by atoms with Gasteiger partial charge in [0.05, 0.1) is 19.8 Å². The van der Waals surface area contributed by atoms with Gasteiger partial charge in [0.1, 0.15) is 11.3 Å². The van der Waals surface area contributed by atoms with E-state index in [2.05, 4.69) is 5.32 Å². The summed E-state index contributed by atoms with van der Waals surface area (Å²) in [7, 11) is 1.57. The minimum atomic E-state index is -0.300. The van der Waals surface area contributed by atoms with Gasteiger partial charge in [0, 0.05) is 28.1 Å². The molecule has 0 saturated heterocycles. The van der Waals surface area contributed by atoms with Crippen molar-refractivity contribution < 1.29 is 18.7 Å². The number of carbonyl (C=O) groups excluding carboxylic acids is 1. The van der Waals surface area contributed by atoms with Crippen LogP contribution in [0.25, 0.3) is 11.0 Å². The van der Waals surface area contributed by atoms with Gasteiger partial charge in [0.25, 0.3) is 5.91 Å². The second kappa shape index (κ2) is 8.46. The number of furan rings is 1. The molecule has 0 saturated carbocycles. The minimum absolute atomic E-state index is 0.0490. The number of hydrogen-bond acceptors (Lipinski definition) is 4. The van der Waals surface area contributed by atoms with Gasteiger partial charge in [-0.1, -0.05) is 35.9 Å². The molecule has 6 heteroatoms. The Bertz CT molecular complexity index is 949. The normalized spacial score (nSPS) is 11.1. The third kappa shape index (κ3) is 4.43. The number of hydrogen-bond donors (Lipinski definition) is 1. The molecule has 1 aromatic heterocycles. The standard InChI is InChI=1S/C21H22ClNO4/c1-13(2)26-12-17-16-6-4-5-7-18(16)27-20(17)21(24)23-11-14-8-9-15(22)10-19(14)25-3/h4-10,13H,11-12H2,1-3H3,(H,23,24). The molecule has 0 atom stereocenters. The Morgan fingerprint density at radius 1 is 1.22 bits per heavy atom. The second-order valence-electron chi connectivity index (χ2n) is 6.40. The highest BCUT2D eigenvalue weighted by atomic mass is 35.5. The van der Waals surface area contributed by atoms with Crippen LogP contribution in [-0.4, -0.2) is 19.1 Å². The molecule has 3 aromatic rings. The average Bonchev–Trinajstić information content (AvgIpc) is 3.03. The molecule has 0 bridgehead atoms. The summed E-state index contributed by atoms with van der Waals surface area (Å²) in [6, 6.07) is 12.9. The lowest BCUT2D eigenvalue weighted by atomic mass is 10.1. The SMILES string of the molecule is COc1cc(Cl)ccc1CNC(=O)c1oc2ccccc2c1COC(C)C. The zero-order chi connectivity index (χ0) is 19.4. The van der Waals surface area contributed by atoms with Gasteiger partial charge in [0.2, 0.25) is 0 Å². The first-order valence-electron chi connectivity index (χ1n) is 8.72. The van der Waals surface area contributed by atoms with Crippen LogP contribution in [0.1, 0.15) is 35.5 Å². The van der Waals surface area contributed by atoms with Crippen molar-refractivity contribution in [3.8, 4) is 5.75 Å². The summed E-state index contributed by atoms with van der Waals surface area (Å²) in [5, 5.41) is 4.35. The highest BCUT2D eigenvalue weighted by Gasteiger charge is 2.21. The van der Waals surface area contributed by atoms with Gasteiger partial charge in [-0.05, 0) is 32.0 Å². The lowest BCUT2D eigenvalue weighted by molar-refractivity contribution is 0.0643. The molecule has 0 fully saturated rings. The predicted octanol–water partition coefficient (Wildman–Crippen LogP) is 4.95. The van der Waals surface area contributed by atoms with Crippen LogP contribution in [-0.2, 0) is 17.9 Å². The monoisotopic (exact) mass is 387 g/mol.